The smallest absolute Gasteiger partial charge is 0.406 e. The maximum Gasteiger partial charge on any atom is 0.573 e. The van der Waals surface area contributed by atoms with Crippen LogP contribution in [0.2, 0.25) is 0 Å². The average Bonchev–Trinajstić information content (AvgIpc) is 3.56. The molecule has 0 spiro atoms. The first-order valence-corrected chi connectivity index (χ1v) is 11.9. The lowest BCUT2D eigenvalue weighted by molar-refractivity contribution is -0.274. The molecule has 8 nitrogen and oxygen atoms in total. The second-order valence-electron chi connectivity index (χ2n) is 7.83. The van der Waals surface area contributed by atoms with Gasteiger partial charge in [0.2, 0.25) is 5.95 Å². The SMILES string of the molecule is O=C(c1cnc(NCc2cc(OC(F)(F)F)cc(C3CC3)c2)nc1)N1CCS(=O)(=O)CC1. The van der Waals surface area contributed by atoms with Crippen LogP contribution >= 0.6 is 0 Å². The van der Waals surface area contributed by atoms with E-state index in [0.717, 1.165) is 18.4 Å². The van der Waals surface area contributed by atoms with Crippen molar-refractivity contribution in [1.82, 2.24) is 14.9 Å². The summed E-state index contributed by atoms with van der Waals surface area (Å²) in [5.41, 5.74) is 1.62. The molecule has 12 heteroatoms. The van der Waals surface area contributed by atoms with Gasteiger partial charge in [-0.3, -0.25) is 4.79 Å². The highest BCUT2D eigenvalue weighted by molar-refractivity contribution is 7.91. The van der Waals surface area contributed by atoms with Crippen LogP contribution in [0.3, 0.4) is 0 Å². The van der Waals surface area contributed by atoms with E-state index in [4.69, 9.17) is 0 Å². The lowest BCUT2D eigenvalue weighted by Crippen LogP contribution is -2.43. The highest BCUT2D eigenvalue weighted by Crippen LogP contribution is 2.42. The Labute approximate surface area is 182 Å². The van der Waals surface area contributed by atoms with E-state index < -0.39 is 16.2 Å². The molecule has 1 aliphatic carbocycles. The van der Waals surface area contributed by atoms with Crippen LogP contribution < -0.4 is 10.1 Å². The largest absolute Gasteiger partial charge is 0.573 e. The number of sulfone groups is 1. The summed E-state index contributed by atoms with van der Waals surface area (Å²) in [7, 11) is -3.10. The highest BCUT2D eigenvalue weighted by Gasteiger charge is 2.32. The standard InChI is InChI=1S/C20H21F3N4O4S/c21-20(22,23)31-17-8-13(7-15(9-17)14-1-2-14)10-24-19-25-11-16(12-26-19)18(28)27-3-5-32(29,30)6-4-27/h7-9,11-12,14H,1-6,10H2,(H,24,25,26). The Bertz CT molecular complexity index is 1090. The molecule has 1 aliphatic heterocycles. The van der Waals surface area contributed by atoms with E-state index in [9.17, 15) is 26.4 Å². The van der Waals surface area contributed by atoms with E-state index in [1.165, 1.54) is 29.4 Å². The van der Waals surface area contributed by atoms with E-state index in [1.54, 1.807) is 0 Å². The molecule has 0 atom stereocenters. The molecule has 1 aromatic heterocycles. The van der Waals surface area contributed by atoms with Gasteiger partial charge in [-0.1, -0.05) is 6.07 Å². The molecule has 1 aromatic carbocycles. The Morgan fingerprint density at radius 1 is 1.12 bits per heavy atom. The van der Waals surface area contributed by atoms with E-state index >= 15 is 0 Å². The minimum Gasteiger partial charge on any atom is -0.406 e. The topological polar surface area (TPSA) is 101 Å². The molecule has 0 radical (unpaired) electrons. The number of nitrogens with zero attached hydrogens (tertiary/aromatic N) is 3. The summed E-state index contributed by atoms with van der Waals surface area (Å²) in [5, 5.41) is 2.93. The van der Waals surface area contributed by atoms with Gasteiger partial charge in [0, 0.05) is 32.0 Å². The number of hydrogen-bond acceptors (Lipinski definition) is 7. The molecule has 1 saturated carbocycles. The number of nitrogens with one attached hydrogen (secondary N) is 1. The van der Waals surface area contributed by atoms with E-state index in [2.05, 4.69) is 20.0 Å². The van der Waals surface area contributed by atoms with Gasteiger partial charge in [-0.25, -0.2) is 18.4 Å². The molecular formula is C20H21F3N4O4S. The van der Waals surface area contributed by atoms with Crippen LogP contribution in [0, 0.1) is 0 Å². The van der Waals surface area contributed by atoms with E-state index in [-0.39, 0.29) is 60.2 Å². The minimum absolute atomic E-state index is 0.0702. The second-order valence-corrected chi connectivity index (χ2v) is 10.1. The summed E-state index contributed by atoms with van der Waals surface area (Å²) in [6, 6.07) is 4.56. The van der Waals surface area contributed by atoms with Crippen LogP contribution in [0.25, 0.3) is 0 Å². The van der Waals surface area contributed by atoms with Gasteiger partial charge in [-0.05, 0) is 42.0 Å². The number of aromatic nitrogens is 2. The minimum atomic E-state index is -4.77. The molecule has 1 N–H and O–H groups in total. The Hall–Kier alpha value is -2.89. The van der Waals surface area contributed by atoms with Gasteiger partial charge in [-0.15, -0.1) is 13.2 Å². The molecule has 4 rings (SSSR count). The van der Waals surface area contributed by atoms with Crippen molar-refractivity contribution in [3.8, 4) is 5.75 Å². The van der Waals surface area contributed by atoms with Gasteiger partial charge in [0.05, 0.1) is 17.1 Å². The van der Waals surface area contributed by atoms with Crippen molar-refractivity contribution < 1.29 is 31.1 Å². The number of hydrogen-bond donors (Lipinski definition) is 1. The van der Waals surface area contributed by atoms with Crippen molar-refractivity contribution in [2.24, 2.45) is 0 Å². The highest BCUT2D eigenvalue weighted by atomic mass is 32.2. The van der Waals surface area contributed by atoms with Gasteiger partial charge < -0.3 is 15.0 Å². The van der Waals surface area contributed by atoms with Crippen LogP contribution in [0.1, 0.15) is 40.2 Å². The van der Waals surface area contributed by atoms with Gasteiger partial charge >= 0.3 is 6.36 Å². The zero-order valence-electron chi connectivity index (χ0n) is 16.9. The molecule has 0 unspecified atom stereocenters. The Morgan fingerprint density at radius 2 is 1.78 bits per heavy atom. The quantitative estimate of drug-likeness (QED) is 0.693. The number of carbonyl (C=O) groups excluding carboxylic acids is 1. The fourth-order valence-corrected chi connectivity index (χ4v) is 4.64. The van der Waals surface area contributed by atoms with Crippen molar-refractivity contribution in [1.29, 1.82) is 0 Å². The van der Waals surface area contributed by atoms with Crippen molar-refractivity contribution in [3.63, 3.8) is 0 Å². The van der Waals surface area contributed by atoms with E-state index in [1.807, 2.05) is 6.07 Å². The molecule has 1 saturated heterocycles. The second kappa shape index (κ2) is 8.57. The summed E-state index contributed by atoms with van der Waals surface area (Å²) in [5.74, 6) is -0.297. The zero-order chi connectivity index (χ0) is 22.9. The Balaban J connectivity index is 1.39. The summed E-state index contributed by atoms with van der Waals surface area (Å²) in [6.45, 7) is 0.424. The monoisotopic (exact) mass is 470 g/mol. The maximum absolute atomic E-state index is 12.6. The van der Waals surface area contributed by atoms with Crippen molar-refractivity contribution in [2.75, 3.05) is 29.9 Å². The first kappa shape index (κ1) is 22.3. The maximum atomic E-state index is 12.6. The summed E-state index contributed by atoms with van der Waals surface area (Å²) < 4.78 is 65.0. The lowest BCUT2D eigenvalue weighted by atomic mass is 10.1. The summed E-state index contributed by atoms with van der Waals surface area (Å²) >= 11 is 0. The van der Waals surface area contributed by atoms with Crippen LogP contribution in [-0.4, -0.2) is 60.2 Å². The molecular weight excluding hydrogens is 449 g/mol. The van der Waals surface area contributed by atoms with Crippen LogP contribution in [0.5, 0.6) is 5.75 Å². The van der Waals surface area contributed by atoms with Gasteiger partial charge in [0.25, 0.3) is 5.91 Å². The predicted octanol–water partition coefficient (Wildman–Crippen LogP) is 2.74. The molecule has 2 aliphatic rings. The first-order valence-electron chi connectivity index (χ1n) is 10.0. The Morgan fingerprint density at radius 3 is 2.38 bits per heavy atom. The molecule has 32 heavy (non-hydrogen) atoms. The zero-order valence-corrected chi connectivity index (χ0v) is 17.7. The number of rotatable bonds is 6. The fraction of sp³-hybridized carbons (Fsp3) is 0.450. The molecule has 172 valence electrons. The molecule has 2 fully saturated rings. The van der Waals surface area contributed by atoms with Crippen LogP contribution in [0.15, 0.2) is 30.6 Å². The van der Waals surface area contributed by atoms with Crippen molar-refractivity contribution in [3.05, 3.63) is 47.3 Å². The van der Waals surface area contributed by atoms with Crippen molar-refractivity contribution in [2.45, 2.75) is 31.7 Å². The summed E-state index contributed by atoms with van der Waals surface area (Å²) in [4.78, 5) is 22.1. The number of amides is 1. The molecule has 0 bridgehead atoms. The number of alkyl halides is 3. The van der Waals surface area contributed by atoms with Gasteiger partial charge in [-0.2, -0.15) is 0 Å². The van der Waals surface area contributed by atoms with Crippen LogP contribution in [0.4, 0.5) is 19.1 Å². The van der Waals surface area contributed by atoms with E-state index in [0.29, 0.717) is 5.56 Å². The number of anilines is 1. The number of benzene rings is 1. The molecule has 1 amide bonds. The first-order chi connectivity index (χ1) is 15.1. The molecule has 2 aromatic rings. The number of carbonyl (C=O) groups is 1. The Kier molecular flexibility index (Phi) is 5.97. The normalized spacial score (nSPS) is 18.3. The number of ether oxygens (including phenoxy) is 1. The predicted molar refractivity (Wildman–Crippen MR) is 109 cm³/mol. The van der Waals surface area contributed by atoms with Crippen LogP contribution in [-0.2, 0) is 16.4 Å². The third kappa shape index (κ3) is 5.87. The number of halogens is 3. The summed E-state index contributed by atoms with van der Waals surface area (Å²) in [6.07, 6.45) is -0.232. The lowest BCUT2D eigenvalue weighted by Gasteiger charge is -2.26. The van der Waals surface area contributed by atoms with Crippen molar-refractivity contribution >= 4 is 21.7 Å². The fourth-order valence-electron chi connectivity index (χ4n) is 3.44. The molecule has 2 heterocycles. The van der Waals surface area contributed by atoms with Gasteiger partial charge in [0.15, 0.2) is 9.84 Å². The average molecular weight is 470 g/mol. The third-order valence-corrected chi connectivity index (χ3v) is 6.86. The van der Waals surface area contributed by atoms with Gasteiger partial charge in [0.1, 0.15) is 5.75 Å². The third-order valence-electron chi connectivity index (χ3n) is 5.25.